The van der Waals surface area contributed by atoms with Gasteiger partial charge >= 0.3 is 0 Å². The molecule has 1 rings (SSSR count). The van der Waals surface area contributed by atoms with Gasteiger partial charge in [0.2, 0.25) is 5.91 Å². The Labute approximate surface area is 109 Å². The fourth-order valence-corrected chi connectivity index (χ4v) is 2.56. The maximum atomic E-state index is 11.9. The zero-order valence-corrected chi connectivity index (χ0v) is 11.6. The van der Waals surface area contributed by atoms with Crippen LogP contribution < -0.4 is 11.1 Å². The van der Waals surface area contributed by atoms with E-state index in [0.29, 0.717) is 11.5 Å². The van der Waals surface area contributed by atoms with Crippen molar-refractivity contribution in [3.8, 4) is 0 Å². The summed E-state index contributed by atoms with van der Waals surface area (Å²) in [6, 6.07) is 0.394. The number of amides is 1. The van der Waals surface area contributed by atoms with E-state index in [1.165, 1.54) is 0 Å². The Balaban J connectivity index is 2.42. The molecule has 1 unspecified atom stereocenters. The highest BCUT2D eigenvalue weighted by atomic mass is 32.1. The zero-order chi connectivity index (χ0) is 12.8. The van der Waals surface area contributed by atoms with Crippen molar-refractivity contribution < 1.29 is 4.79 Å². The monoisotopic (exact) mass is 257 g/mol. The summed E-state index contributed by atoms with van der Waals surface area (Å²) in [5, 5.41) is 3.04. The molecular weight excluding hydrogens is 234 g/mol. The number of carbonyl (C=O) groups is 1. The summed E-state index contributed by atoms with van der Waals surface area (Å²) in [7, 11) is 0. The van der Waals surface area contributed by atoms with Crippen LogP contribution in [0.1, 0.15) is 39.5 Å². The van der Waals surface area contributed by atoms with Crippen molar-refractivity contribution in [3.63, 3.8) is 0 Å². The van der Waals surface area contributed by atoms with Gasteiger partial charge in [0, 0.05) is 6.04 Å². The lowest BCUT2D eigenvalue weighted by Crippen LogP contribution is -2.46. The molecule has 1 atom stereocenters. The van der Waals surface area contributed by atoms with Crippen molar-refractivity contribution in [2.45, 2.75) is 51.6 Å². The van der Waals surface area contributed by atoms with Gasteiger partial charge in [0.05, 0.1) is 17.6 Å². The number of nitrogens with two attached hydrogens (primary N) is 1. The zero-order valence-electron chi connectivity index (χ0n) is 10.7. The number of carbonyl (C=O) groups excluding carboxylic acids is 1. The molecule has 5 heteroatoms. The molecule has 1 fully saturated rings. The standard InChI is InChI=1S/C12H23N3OS/c1-3-9(4-2)14-11(16)8-15-7-5-6-10(15)12(13)17/h9-10H,3-8H2,1-2H3,(H2,13,17)(H,14,16). The second-order valence-corrected chi connectivity index (χ2v) is 5.08. The van der Waals surface area contributed by atoms with E-state index in [-0.39, 0.29) is 18.0 Å². The molecule has 4 nitrogen and oxygen atoms in total. The lowest BCUT2D eigenvalue weighted by atomic mass is 10.2. The molecule has 1 saturated heterocycles. The highest BCUT2D eigenvalue weighted by Crippen LogP contribution is 2.16. The molecule has 3 N–H and O–H groups in total. The maximum Gasteiger partial charge on any atom is 0.234 e. The van der Waals surface area contributed by atoms with Crippen LogP contribution in [0, 0.1) is 0 Å². The first kappa shape index (κ1) is 14.4. The van der Waals surface area contributed by atoms with E-state index in [4.69, 9.17) is 18.0 Å². The SMILES string of the molecule is CCC(CC)NC(=O)CN1CCCC1C(N)=S. The highest BCUT2D eigenvalue weighted by Gasteiger charge is 2.28. The summed E-state index contributed by atoms with van der Waals surface area (Å²) in [4.78, 5) is 14.5. The molecule has 0 aromatic heterocycles. The Hall–Kier alpha value is -0.680. The van der Waals surface area contributed by atoms with Crippen molar-refractivity contribution in [2.24, 2.45) is 5.73 Å². The minimum absolute atomic E-state index is 0.0850. The first-order valence-corrected chi connectivity index (χ1v) is 6.82. The molecule has 0 spiro atoms. The van der Waals surface area contributed by atoms with Gasteiger partial charge < -0.3 is 11.1 Å². The van der Waals surface area contributed by atoms with Crippen LogP contribution in [0.15, 0.2) is 0 Å². The van der Waals surface area contributed by atoms with Crippen molar-refractivity contribution in [3.05, 3.63) is 0 Å². The number of thiocarbonyl (C=S) groups is 1. The van der Waals surface area contributed by atoms with E-state index in [9.17, 15) is 4.79 Å². The van der Waals surface area contributed by atoms with Gasteiger partial charge in [-0.3, -0.25) is 9.69 Å². The normalized spacial score (nSPS) is 20.8. The van der Waals surface area contributed by atoms with Gasteiger partial charge in [-0.1, -0.05) is 26.1 Å². The fraction of sp³-hybridized carbons (Fsp3) is 0.833. The van der Waals surface area contributed by atoms with Gasteiger partial charge in [-0.15, -0.1) is 0 Å². The molecule has 0 aromatic rings. The Bertz CT molecular complexity index is 279. The van der Waals surface area contributed by atoms with Gasteiger partial charge in [0.25, 0.3) is 0 Å². The average molecular weight is 257 g/mol. The van der Waals surface area contributed by atoms with Crippen LogP contribution in [0.5, 0.6) is 0 Å². The molecular formula is C12H23N3OS. The predicted octanol–water partition coefficient (Wildman–Crippen LogP) is 1.04. The van der Waals surface area contributed by atoms with Gasteiger partial charge in [0.15, 0.2) is 0 Å². The van der Waals surface area contributed by atoms with Crippen LogP contribution in [0.3, 0.4) is 0 Å². The molecule has 0 aliphatic carbocycles. The third-order valence-corrected chi connectivity index (χ3v) is 3.66. The van der Waals surface area contributed by atoms with E-state index in [2.05, 4.69) is 24.1 Å². The molecule has 1 amide bonds. The Kier molecular flexibility index (Phi) is 5.85. The summed E-state index contributed by atoms with van der Waals surface area (Å²) in [6.07, 6.45) is 4.00. The third kappa shape index (κ3) is 4.24. The van der Waals surface area contributed by atoms with Crippen LogP contribution in [0.4, 0.5) is 0 Å². The Morgan fingerprint density at radius 3 is 2.71 bits per heavy atom. The van der Waals surface area contributed by atoms with E-state index < -0.39 is 0 Å². The Morgan fingerprint density at radius 1 is 1.53 bits per heavy atom. The molecule has 98 valence electrons. The van der Waals surface area contributed by atoms with Crippen LogP contribution >= 0.6 is 12.2 Å². The van der Waals surface area contributed by atoms with E-state index >= 15 is 0 Å². The van der Waals surface area contributed by atoms with Crippen LogP contribution in [-0.4, -0.2) is 41.0 Å². The van der Waals surface area contributed by atoms with Crippen LogP contribution in [0.25, 0.3) is 0 Å². The van der Waals surface area contributed by atoms with E-state index in [0.717, 1.165) is 32.2 Å². The molecule has 1 heterocycles. The van der Waals surface area contributed by atoms with Gasteiger partial charge in [-0.25, -0.2) is 0 Å². The number of hydrogen-bond donors (Lipinski definition) is 2. The molecule has 0 aromatic carbocycles. The molecule has 0 bridgehead atoms. The topological polar surface area (TPSA) is 58.4 Å². The largest absolute Gasteiger partial charge is 0.392 e. The lowest BCUT2D eigenvalue weighted by molar-refractivity contribution is -0.123. The van der Waals surface area contributed by atoms with E-state index in [1.54, 1.807) is 0 Å². The minimum Gasteiger partial charge on any atom is -0.392 e. The second kappa shape index (κ2) is 6.91. The summed E-state index contributed by atoms with van der Waals surface area (Å²) < 4.78 is 0. The Morgan fingerprint density at radius 2 is 2.18 bits per heavy atom. The number of nitrogens with one attached hydrogen (secondary N) is 1. The smallest absolute Gasteiger partial charge is 0.234 e. The summed E-state index contributed by atoms with van der Waals surface area (Å²) >= 11 is 5.02. The first-order valence-electron chi connectivity index (χ1n) is 6.41. The van der Waals surface area contributed by atoms with Crippen molar-refractivity contribution in [2.75, 3.05) is 13.1 Å². The van der Waals surface area contributed by atoms with Crippen LogP contribution in [0.2, 0.25) is 0 Å². The highest BCUT2D eigenvalue weighted by molar-refractivity contribution is 7.80. The number of hydrogen-bond acceptors (Lipinski definition) is 3. The summed E-state index contributed by atoms with van der Waals surface area (Å²) in [5.74, 6) is 0.0850. The van der Waals surface area contributed by atoms with Crippen molar-refractivity contribution in [1.29, 1.82) is 0 Å². The lowest BCUT2D eigenvalue weighted by Gasteiger charge is -2.24. The molecule has 0 radical (unpaired) electrons. The summed E-state index contributed by atoms with van der Waals surface area (Å²) in [5.41, 5.74) is 5.68. The molecule has 1 aliphatic rings. The number of nitrogens with zero attached hydrogens (tertiary/aromatic N) is 1. The van der Waals surface area contributed by atoms with Gasteiger partial charge in [0.1, 0.15) is 0 Å². The maximum absolute atomic E-state index is 11.9. The summed E-state index contributed by atoms with van der Waals surface area (Å²) in [6.45, 7) is 5.50. The van der Waals surface area contributed by atoms with Gasteiger partial charge in [-0.05, 0) is 32.2 Å². The molecule has 17 heavy (non-hydrogen) atoms. The quantitative estimate of drug-likeness (QED) is 0.698. The minimum atomic E-state index is 0.0850. The number of rotatable bonds is 6. The predicted molar refractivity (Wildman–Crippen MR) is 73.9 cm³/mol. The number of likely N-dealkylation sites (tertiary alicyclic amines) is 1. The van der Waals surface area contributed by atoms with E-state index in [1.807, 2.05) is 0 Å². The second-order valence-electron chi connectivity index (χ2n) is 4.61. The average Bonchev–Trinajstić information content (AvgIpc) is 2.74. The fourth-order valence-electron chi connectivity index (χ4n) is 2.29. The van der Waals surface area contributed by atoms with Gasteiger partial charge in [-0.2, -0.15) is 0 Å². The molecule has 1 aliphatic heterocycles. The first-order chi connectivity index (χ1) is 8.08. The molecule has 0 saturated carbocycles. The van der Waals surface area contributed by atoms with Crippen molar-refractivity contribution >= 4 is 23.1 Å². The van der Waals surface area contributed by atoms with Crippen molar-refractivity contribution in [1.82, 2.24) is 10.2 Å². The third-order valence-electron chi connectivity index (χ3n) is 3.39. The van der Waals surface area contributed by atoms with Crippen LogP contribution in [-0.2, 0) is 4.79 Å².